The lowest BCUT2D eigenvalue weighted by Gasteiger charge is -2.09. The van der Waals surface area contributed by atoms with E-state index < -0.39 is 5.91 Å². The van der Waals surface area contributed by atoms with Gasteiger partial charge in [-0.15, -0.1) is 0 Å². The molecule has 0 bridgehead atoms. The van der Waals surface area contributed by atoms with Gasteiger partial charge in [-0.2, -0.15) is 0 Å². The van der Waals surface area contributed by atoms with Crippen molar-refractivity contribution in [2.75, 3.05) is 26.3 Å². The molecule has 2 aromatic rings. The molecular formula is C16H18N2O5. The summed E-state index contributed by atoms with van der Waals surface area (Å²) in [7, 11) is 0. The Morgan fingerprint density at radius 3 is 2.17 bits per heavy atom. The van der Waals surface area contributed by atoms with E-state index >= 15 is 0 Å². The second kappa shape index (κ2) is 7.57. The van der Waals surface area contributed by atoms with Crippen LogP contribution < -0.4 is 10.6 Å². The maximum absolute atomic E-state index is 11.9. The quantitative estimate of drug-likeness (QED) is 0.513. The van der Waals surface area contributed by atoms with E-state index in [1.165, 1.54) is 12.1 Å². The molecule has 0 aromatic heterocycles. The van der Waals surface area contributed by atoms with Crippen LogP contribution in [0.3, 0.4) is 0 Å². The number of rotatable bonds is 6. The molecule has 122 valence electrons. The smallest absolute Gasteiger partial charge is 0.255 e. The summed E-state index contributed by atoms with van der Waals surface area (Å²) in [5.74, 6) is -1.01. The van der Waals surface area contributed by atoms with Crippen LogP contribution in [0.2, 0.25) is 0 Å². The highest BCUT2D eigenvalue weighted by molar-refractivity contribution is 6.03. The van der Waals surface area contributed by atoms with E-state index in [9.17, 15) is 14.7 Å². The van der Waals surface area contributed by atoms with Crippen LogP contribution in [0, 0.1) is 0 Å². The minimum absolute atomic E-state index is 0.0684. The van der Waals surface area contributed by atoms with Crippen molar-refractivity contribution in [1.82, 2.24) is 10.6 Å². The van der Waals surface area contributed by atoms with Crippen LogP contribution in [-0.4, -0.2) is 53.4 Å². The monoisotopic (exact) mass is 318 g/mol. The first-order valence-corrected chi connectivity index (χ1v) is 7.11. The molecule has 0 spiro atoms. The Morgan fingerprint density at radius 1 is 0.870 bits per heavy atom. The molecule has 0 saturated carbocycles. The predicted octanol–water partition coefficient (Wildman–Crippen LogP) is -0.0104. The lowest BCUT2D eigenvalue weighted by Crippen LogP contribution is -2.26. The molecule has 5 N–H and O–H groups in total. The largest absolute Gasteiger partial charge is 0.507 e. The van der Waals surface area contributed by atoms with Gasteiger partial charge in [0.25, 0.3) is 11.8 Å². The molecule has 2 aromatic carbocycles. The van der Waals surface area contributed by atoms with E-state index in [0.29, 0.717) is 16.3 Å². The Kier molecular flexibility index (Phi) is 5.51. The number of phenols is 1. The van der Waals surface area contributed by atoms with Gasteiger partial charge in [0, 0.05) is 18.7 Å². The van der Waals surface area contributed by atoms with E-state index in [2.05, 4.69) is 10.6 Å². The van der Waals surface area contributed by atoms with E-state index in [4.69, 9.17) is 10.2 Å². The van der Waals surface area contributed by atoms with Crippen molar-refractivity contribution < 1.29 is 24.9 Å². The Hall–Kier alpha value is -2.64. The van der Waals surface area contributed by atoms with Crippen molar-refractivity contribution >= 4 is 22.6 Å². The zero-order chi connectivity index (χ0) is 16.8. The van der Waals surface area contributed by atoms with Crippen LogP contribution in [0.25, 0.3) is 10.8 Å². The number of nitrogens with one attached hydrogen (secondary N) is 2. The maximum atomic E-state index is 11.9. The van der Waals surface area contributed by atoms with Crippen LogP contribution in [-0.2, 0) is 0 Å². The number of hydrogen-bond donors (Lipinski definition) is 5. The van der Waals surface area contributed by atoms with E-state index in [1.54, 1.807) is 18.2 Å². The molecule has 7 heteroatoms. The minimum Gasteiger partial charge on any atom is -0.507 e. The van der Waals surface area contributed by atoms with E-state index in [-0.39, 0.29) is 43.5 Å². The van der Waals surface area contributed by atoms with Crippen LogP contribution >= 0.6 is 0 Å². The zero-order valence-corrected chi connectivity index (χ0v) is 12.4. The Balaban J connectivity index is 2.35. The lowest BCUT2D eigenvalue weighted by atomic mass is 10.0. The molecule has 0 heterocycles. The second-order valence-corrected chi connectivity index (χ2v) is 4.89. The predicted molar refractivity (Wildman–Crippen MR) is 84.5 cm³/mol. The van der Waals surface area contributed by atoms with Gasteiger partial charge in [0.05, 0.1) is 18.8 Å². The second-order valence-electron chi connectivity index (χ2n) is 4.89. The van der Waals surface area contributed by atoms with Crippen molar-refractivity contribution in [3.63, 3.8) is 0 Å². The third kappa shape index (κ3) is 3.97. The highest BCUT2D eigenvalue weighted by Gasteiger charge is 2.13. The van der Waals surface area contributed by atoms with Gasteiger partial charge >= 0.3 is 0 Å². The number of fused-ring (bicyclic) bond motifs is 1. The van der Waals surface area contributed by atoms with E-state index in [0.717, 1.165) is 0 Å². The van der Waals surface area contributed by atoms with Gasteiger partial charge in [-0.05, 0) is 35.0 Å². The molecule has 0 aliphatic rings. The third-order valence-electron chi connectivity index (χ3n) is 3.26. The highest BCUT2D eigenvalue weighted by Crippen LogP contribution is 2.26. The summed E-state index contributed by atoms with van der Waals surface area (Å²) in [6, 6.07) is 7.79. The van der Waals surface area contributed by atoms with Crippen molar-refractivity contribution in [1.29, 1.82) is 0 Å². The fourth-order valence-electron chi connectivity index (χ4n) is 2.14. The molecule has 0 radical (unpaired) electrons. The molecule has 2 rings (SSSR count). The Labute approximate surface area is 132 Å². The van der Waals surface area contributed by atoms with Gasteiger partial charge < -0.3 is 26.0 Å². The lowest BCUT2D eigenvalue weighted by molar-refractivity contribution is 0.0936. The SMILES string of the molecule is O=C(NCCO)c1ccc2cc(O)c(C(=O)NCCO)cc2c1. The normalized spacial score (nSPS) is 10.5. The van der Waals surface area contributed by atoms with Gasteiger partial charge in [-0.25, -0.2) is 0 Å². The van der Waals surface area contributed by atoms with Gasteiger partial charge in [0.1, 0.15) is 5.75 Å². The number of hydrogen-bond acceptors (Lipinski definition) is 5. The number of aromatic hydroxyl groups is 1. The Bertz CT molecular complexity index is 730. The average molecular weight is 318 g/mol. The number of carbonyl (C=O) groups excluding carboxylic acids is 2. The first kappa shape index (κ1) is 16.7. The maximum Gasteiger partial charge on any atom is 0.255 e. The molecule has 0 saturated heterocycles. The van der Waals surface area contributed by atoms with Crippen molar-refractivity contribution in [3.8, 4) is 5.75 Å². The topological polar surface area (TPSA) is 119 Å². The highest BCUT2D eigenvalue weighted by atomic mass is 16.3. The molecule has 0 atom stereocenters. The number of phenolic OH excluding ortho intramolecular Hbond substituents is 1. The fraction of sp³-hybridized carbons (Fsp3) is 0.250. The molecule has 0 fully saturated rings. The van der Waals surface area contributed by atoms with Crippen molar-refractivity contribution in [3.05, 3.63) is 41.5 Å². The number of benzene rings is 2. The summed E-state index contributed by atoms with van der Waals surface area (Å²) in [6.45, 7) is -0.112. The first-order chi connectivity index (χ1) is 11.1. The van der Waals surface area contributed by atoms with Gasteiger partial charge in [-0.1, -0.05) is 6.07 Å². The summed E-state index contributed by atoms with van der Waals surface area (Å²) in [4.78, 5) is 23.8. The summed E-state index contributed by atoms with van der Waals surface area (Å²) >= 11 is 0. The molecule has 0 aliphatic heterocycles. The number of aliphatic hydroxyl groups is 2. The van der Waals surface area contributed by atoms with Crippen LogP contribution in [0.1, 0.15) is 20.7 Å². The summed E-state index contributed by atoms with van der Waals surface area (Å²) in [6.07, 6.45) is 0. The summed E-state index contributed by atoms with van der Waals surface area (Å²) in [5.41, 5.74) is 0.456. The fourth-order valence-corrected chi connectivity index (χ4v) is 2.14. The third-order valence-corrected chi connectivity index (χ3v) is 3.26. The van der Waals surface area contributed by atoms with Gasteiger partial charge in [0.2, 0.25) is 0 Å². The molecule has 0 unspecified atom stereocenters. The molecule has 7 nitrogen and oxygen atoms in total. The molecule has 23 heavy (non-hydrogen) atoms. The van der Waals surface area contributed by atoms with Crippen LogP contribution in [0.5, 0.6) is 5.75 Å². The molecule has 2 amide bonds. The van der Waals surface area contributed by atoms with Crippen LogP contribution in [0.15, 0.2) is 30.3 Å². The number of amides is 2. The molecule has 0 aliphatic carbocycles. The first-order valence-electron chi connectivity index (χ1n) is 7.11. The standard InChI is InChI=1S/C16H18N2O5/c19-5-3-17-15(22)11-2-1-10-9-14(21)13(8-12(10)7-11)16(23)18-4-6-20/h1-2,7-9,19-21H,3-6H2,(H,17,22)(H,18,23). The van der Waals surface area contributed by atoms with Crippen LogP contribution in [0.4, 0.5) is 0 Å². The van der Waals surface area contributed by atoms with Crippen molar-refractivity contribution in [2.24, 2.45) is 0 Å². The summed E-state index contributed by atoms with van der Waals surface area (Å²) in [5, 5.41) is 33.7. The van der Waals surface area contributed by atoms with Gasteiger partial charge in [0.15, 0.2) is 0 Å². The van der Waals surface area contributed by atoms with Crippen molar-refractivity contribution in [2.45, 2.75) is 0 Å². The van der Waals surface area contributed by atoms with Gasteiger partial charge in [-0.3, -0.25) is 9.59 Å². The Morgan fingerprint density at radius 2 is 1.52 bits per heavy atom. The summed E-state index contributed by atoms with van der Waals surface area (Å²) < 4.78 is 0. The zero-order valence-electron chi connectivity index (χ0n) is 12.4. The minimum atomic E-state index is -0.506. The number of carbonyl (C=O) groups is 2. The van der Waals surface area contributed by atoms with E-state index in [1.807, 2.05) is 0 Å². The average Bonchev–Trinajstić information content (AvgIpc) is 2.56. The molecular weight excluding hydrogens is 300 g/mol. The number of aliphatic hydroxyl groups excluding tert-OH is 2.